The van der Waals surface area contributed by atoms with Gasteiger partial charge in [-0.05, 0) is 47.5 Å². The highest BCUT2D eigenvalue weighted by Gasteiger charge is 2.27. The molecule has 1 N–H and O–H groups in total. The Morgan fingerprint density at radius 1 is 1.11 bits per heavy atom. The van der Waals surface area contributed by atoms with E-state index in [0.29, 0.717) is 33.7 Å². The average molecular weight is 515 g/mol. The number of hydrogen-bond acceptors (Lipinski definition) is 5. The first-order valence-electron chi connectivity index (χ1n) is 11.5. The number of nitrogens with zero attached hydrogens (tertiary/aromatic N) is 2. The summed E-state index contributed by atoms with van der Waals surface area (Å²) in [6.45, 7) is 0.245. The van der Waals surface area contributed by atoms with Gasteiger partial charge in [0.15, 0.2) is 11.6 Å². The molecule has 4 aromatic rings. The van der Waals surface area contributed by atoms with Crippen LogP contribution in [0.2, 0.25) is 0 Å². The molecule has 1 aliphatic heterocycles. The van der Waals surface area contributed by atoms with Crippen molar-refractivity contribution < 1.29 is 23.4 Å². The Hall–Kier alpha value is -4.22. The normalized spacial score (nSPS) is 14.5. The second-order valence-electron chi connectivity index (χ2n) is 8.49. The third-order valence-electron chi connectivity index (χ3n) is 6.10. The van der Waals surface area contributed by atoms with Gasteiger partial charge in [-0.25, -0.2) is 13.8 Å². The van der Waals surface area contributed by atoms with E-state index in [-0.39, 0.29) is 18.3 Å². The van der Waals surface area contributed by atoms with Crippen LogP contribution >= 0.6 is 11.8 Å². The Morgan fingerprint density at radius 2 is 1.95 bits per heavy atom. The summed E-state index contributed by atoms with van der Waals surface area (Å²) in [5.41, 5.74) is 4.95. The van der Waals surface area contributed by atoms with Gasteiger partial charge in [0.2, 0.25) is 0 Å². The number of thioether (sulfide) groups is 1. The van der Waals surface area contributed by atoms with E-state index in [9.17, 15) is 18.8 Å². The van der Waals surface area contributed by atoms with Crippen molar-refractivity contribution in [2.75, 3.05) is 5.75 Å². The Morgan fingerprint density at radius 3 is 2.76 bits per heavy atom. The Balaban J connectivity index is 1.50. The topological polar surface area (TPSA) is 83.2 Å². The molecule has 1 aromatic heterocycles. The van der Waals surface area contributed by atoms with Crippen LogP contribution in [0.1, 0.15) is 45.2 Å². The lowest BCUT2D eigenvalue weighted by Crippen LogP contribution is -2.04. The summed E-state index contributed by atoms with van der Waals surface area (Å²) >= 11 is 1.50. The van der Waals surface area contributed by atoms with Gasteiger partial charge >= 0.3 is 5.97 Å². The predicted molar refractivity (Wildman–Crippen MR) is 139 cm³/mol. The second-order valence-corrected chi connectivity index (χ2v) is 9.71. The molecule has 0 bridgehead atoms. The number of hydrogen-bond donors (Lipinski definition) is 1. The summed E-state index contributed by atoms with van der Waals surface area (Å²) in [6, 6.07) is 19.1. The first-order valence-corrected chi connectivity index (χ1v) is 12.5. The molecule has 5 rings (SSSR count). The third kappa shape index (κ3) is 5.18. The molecule has 8 heteroatoms. The number of pyridine rings is 1. The van der Waals surface area contributed by atoms with Crippen LogP contribution in [0.15, 0.2) is 60.7 Å². The average Bonchev–Trinajstić information content (AvgIpc) is 3.04. The van der Waals surface area contributed by atoms with Gasteiger partial charge in [0.25, 0.3) is 0 Å². The number of nitriles is 1. The van der Waals surface area contributed by atoms with Crippen molar-refractivity contribution in [1.82, 2.24) is 4.98 Å². The Bertz CT molecular complexity index is 1600. The maximum atomic E-state index is 13.7. The number of halogens is 2. The number of ether oxygens (including phenoxy) is 1. The van der Waals surface area contributed by atoms with Gasteiger partial charge in [-0.3, -0.25) is 4.79 Å². The van der Waals surface area contributed by atoms with E-state index in [4.69, 9.17) is 9.84 Å². The lowest BCUT2D eigenvalue weighted by atomic mass is 9.95. The molecule has 0 fully saturated rings. The summed E-state index contributed by atoms with van der Waals surface area (Å²) in [5, 5.41) is 19.1. The molecule has 37 heavy (non-hydrogen) atoms. The minimum absolute atomic E-state index is 0.0162. The molecule has 0 saturated heterocycles. The largest absolute Gasteiger partial charge is 0.489 e. The predicted octanol–water partition coefficient (Wildman–Crippen LogP) is 6.74. The molecule has 184 valence electrons. The molecule has 2 heterocycles. The molecular formula is C29H20F2N2O3S. The number of fused-ring (bicyclic) bond motifs is 3. The van der Waals surface area contributed by atoms with E-state index in [2.05, 4.69) is 11.1 Å². The van der Waals surface area contributed by atoms with Gasteiger partial charge in [-0.1, -0.05) is 30.3 Å². The standard InChI is InChI=1S/C29H20F2N2O3S/c30-24-13-18-6-8-20(33-26(18)14-25(24)31)7-4-17-5-9-27-22(12-17)29(37-11-10-28(34)35)21-3-1-2-19(15-32)23(21)16-36-27/h1-9,12-14,29H,10-11,16H2,(H,34,35). The molecule has 0 radical (unpaired) electrons. The first-order chi connectivity index (χ1) is 17.9. The summed E-state index contributed by atoms with van der Waals surface area (Å²) < 4.78 is 33.2. The molecule has 0 aliphatic carbocycles. The molecule has 0 amide bonds. The minimum Gasteiger partial charge on any atom is -0.489 e. The van der Waals surface area contributed by atoms with Crippen LogP contribution in [0.5, 0.6) is 5.75 Å². The van der Waals surface area contributed by atoms with Gasteiger partial charge in [-0.2, -0.15) is 5.26 Å². The van der Waals surface area contributed by atoms with E-state index in [0.717, 1.165) is 34.4 Å². The number of aromatic nitrogens is 1. The molecule has 1 unspecified atom stereocenters. The summed E-state index contributed by atoms with van der Waals surface area (Å²) in [6.07, 6.45) is 3.67. The van der Waals surface area contributed by atoms with Gasteiger partial charge < -0.3 is 9.84 Å². The lowest BCUT2D eigenvalue weighted by Gasteiger charge is -2.19. The van der Waals surface area contributed by atoms with Gasteiger partial charge in [0.1, 0.15) is 12.4 Å². The highest BCUT2D eigenvalue weighted by Crippen LogP contribution is 2.45. The van der Waals surface area contributed by atoms with Crippen LogP contribution in [0.3, 0.4) is 0 Å². The molecule has 5 nitrogen and oxygen atoms in total. The van der Waals surface area contributed by atoms with E-state index < -0.39 is 17.6 Å². The number of carbonyl (C=O) groups is 1. The SMILES string of the molecule is N#Cc1cccc2c1COc1ccc(C=Cc3ccc4cc(F)c(F)cc4n3)cc1C2SCCC(=O)O. The lowest BCUT2D eigenvalue weighted by molar-refractivity contribution is -0.136. The molecule has 0 spiro atoms. The van der Waals surface area contributed by atoms with Crippen LogP contribution in [0.4, 0.5) is 8.78 Å². The Labute approximate surface area is 216 Å². The first kappa shape index (κ1) is 24.5. The zero-order valence-electron chi connectivity index (χ0n) is 19.4. The van der Waals surface area contributed by atoms with Crippen molar-refractivity contribution in [3.05, 3.63) is 106 Å². The van der Waals surface area contributed by atoms with Crippen LogP contribution in [0.25, 0.3) is 23.1 Å². The number of carboxylic acids is 1. The molecule has 0 saturated carbocycles. The fourth-order valence-corrected chi connectivity index (χ4v) is 5.58. The molecule has 3 aromatic carbocycles. The maximum Gasteiger partial charge on any atom is 0.304 e. The van der Waals surface area contributed by atoms with Crippen molar-refractivity contribution in [2.24, 2.45) is 0 Å². The molecule has 1 atom stereocenters. The zero-order chi connectivity index (χ0) is 25.9. The number of carboxylic acid groups (broad SMARTS) is 1. The van der Waals surface area contributed by atoms with Gasteiger partial charge in [0, 0.05) is 28.3 Å². The maximum absolute atomic E-state index is 13.7. The van der Waals surface area contributed by atoms with Crippen LogP contribution in [-0.4, -0.2) is 21.8 Å². The van der Waals surface area contributed by atoms with E-state index in [1.165, 1.54) is 11.8 Å². The van der Waals surface area contributed by atoms with Gasteiger partial charge in [0.05, 0.1) is 34.5 Å². The van der Waals surface area contributed by atoms with Crippen molar-refractivity contribution in [2.45, 2.75) is 18.3 Å². The number of benzene rings is 3. The number of aliphatic carboxylic acids is 1. The minimum atomic E-state index is -0.946. The second kappa shape index (κ2) is 10.4. The smallest absolute Gasteiger partial charge is 0.304 e. The monoisotopic (exact) mass is 514 g/mol. The van der Waals surface area contributed by atoms with Crippen LogP contribution < -0.4 is 4.74 Å². The highest BCUT2D eigenvalue weighted by molar-refractivity contribution is 7.99. The zero-order valence-corrected chi connectivity index (χ0v) is 20.3. The van der Waals surface area contributed by atoms with Crippen molar-refractivity contribution in [3.8, 4) is 11.8 Å². The summed E-state index contributed by atoms with van der Waals surface area (Å²) in [4.78, 5) is 15.6. The van der Waals surface area contributed by atoms with Crippen molar-refractivity contribution in [3.63, 3.8) is 0 Å². The fourth-order valence-electron chi connectivity index (χ4n) is 4.29. The van der Waals surface area contributed by atoms with E-state index in [1.54, 1.807) is 24.3 Å². The number of rotatable bonds is 6. The van der Waals surface area contributed by atoms with Crippen molar-refractivity contribution >= 4 is 40.8 Å². The molecule has 1 aliphatic rings. The summed E-state index contributed by atoms with van der Waals surface area (Å²) in [7, 11) is 0. The summed E-state index contributed by atoms with van der Waals surface area (Å²) in [5.74, 6) is -1.66. The van der Waals surface area contributed by atoms with Crippen LogP contribution in [0, 0.1) is 23.0 Å². The van der Waals surface area contributed by atoms with E-state index >= 15 is 0 Å². The Kier molecular flexibility index (Phi) is 6.89. The third-order valence-corrected chi connectivity index (χ3v) is 7.38. The van der Waals surface area contributed by atoms with Gasteiger partial charge in [-0.15, -0.1) is 11.8 Å². The van der Waals surface area contributed by atoms with E-state index in [1.807, 2.05) is 36.4 Å². The highest BCUT2D eigenvalue weighted by atomic mass is 32.2. The molecular weight excluding hydrogens is 494 g/mol. The van der Waals surface area contributed by atoms with Crippen LogP contribution in [-0.2, 0) is 11.4 Å². The quantitative estimate of drug-likeness (QED) is 0.307. The van der Waals surface area contributed by atoms with Crippen molar-refractivity contribution in [1.29, 1.82) is 5.26 Å². The fraction of sp³-hybridized carbons (Fsp3) is 0.138.